The molecule has 0 saturated carbocycles. The highest BCUT2D eigenvalue weighted by Gasteiger charge is 2.39. The van der Waals surface area contributed by atoms with Gasteiger partial charge in [0, 0.05) is 38.3 Å². The van der Waals surface area contributed by atoms with Crippen LogP contribution in [0.25, 0.3) is 0 Å². The first-order valence-electron chi connectivity index (χ1n) is 10.8. The number of aromatic nitrogens is 2. The lowest BCUT2D eigenvalue weighted by Crippen LogP contribution is -2.66. The molecule has 1 amide bonds. The second-order valence-corrected chi connectivity index (χ2v) is 8.55. The van der Waals surface area contributed by atoms with Crippen LogP contribution in [-0.4, -0.2) is 65.1 Å². The van der Waals surface area contributed by atoms with Crippen LogP contribution in [0.1, 0.15) is 47.6 Å². The number of nitrogens with one attached hydrogen (secondary N) is 2. The number of amides is 1. The van der Waals surface area contributed by atoms with Gasteiger partial charge < -0.3 is 20.2 Å². The van der Waals surface area contributed by atoms with Crippen molar-refractivity contribution in [3.8, 4) is 5.75 Å². The van der Waals surface area contributed by atoms with Crippen molar-refractivity contribution in [2.45, 2.75) is 50.9 Å². The van der Waals surface area contributed by atoms with Crippen LogP contribution in [0.5, 0.6) is 5.75 Å². The standard InChI is InChI=1S/C22H29N5O3/c1-14-3-5-17(6-4-14)30-18-12-26(13-18)15(2)20-24-22(28)19-11-23-21(27(19)25-20)16-7-9-29-10-8-16/h3-6,11,15-16,18,20,25H,7-10,12-13H2,1-2H3,(H,24,28). The van der Waals surface area contributed by atoms with Crippen molar-refractivity contribution in [2.24, 2.45) is 0 Å². The molecule has 2 aromatic rings. The molecule has 2 unspecified atom stereocenters. The van der Waals surface area contributed by atoms with E-state index in [9.17, 15) is 4.79 Å². The maximum atomic E-state index is 12.7. The average Bonchev–Trinajstić information content (AvgIpc) is 3.16. The third-order valence-corrected chi connectivity index (χ3v) is 6.42. The van der Waals surface area contributed by atoms with Gasteiger partial charge in [0.15, 0.2) is 0 Å². The van der Waals surface area contributed by atoms with Gasteiger partial charge in [-0.05, 0) is 38.8 Å². The molecule has 0 bridgehead atoms. The molecule has 0 aliphatic carbocycles. The fraction of sp³-hybridized carbons (Fsp3) is 0.545. The zero-order chi connectivity index (χ0) is 20.7. The summed E-state index contributed by atoms with van der Waals surface area (Å²) in [6, 6.07) is 8.29. The number of benzene rings is 1. The highest BCUT2D eigenvalue weighted by Crippen LogP contribution is 2.28. The molecule has 2 fully saturated rings. The molecule has 8 heteroatoms. The van der Waals surface area contributed by atoms with Crippen LogP contribution < -0.4 is 15.5 Å². The number of ether oxygens (including phenoxy) is 2. The molecule has 2 N–H and O–H groups in total. The van der Waals surface area contributed by atoms with Crippen LogP contribution in [-0.2, 0) is 4.74 Å². The number of carbonyl (C=O) groups excluding carboxylic acids is 1. The Labute approximate surface area is 176 Å². The number of hydrogen-bond acceptors (Lipinski definition) is 6. The highest BCUT2D eigenvalue weighted by molar-refractivity contribution is 5.93. The molecular formula is C22H29N5O3. The minimum Gasteiger partial charge on any atom is -0.488 e. The van der Waals surface area contributed by atoms with Crippen molar-refractivity contribution >= 4 is 5.91 Å². The zero-order valence-electron chi connectivity index (χ0n) is 17.5. The quantitative estimate of drug-likeness (QED) is 0.782. The van der Waals surface area contributed by atoms with Gasteiger partial charge in [0.2, 0.25) is 0 Å². The van der Waals surface area contributed by atoms with Crippen molar-refractivity contribution in [1.29, 1.82) is 0 Å². The average molecular weight is 412 g/mol. The molecule has 30 heavy (non-hydrogen) atoms. The number of aryl methyl sites for hydroxylation is 1. The lowest BCUT2D eigenvalue weighted by atomic mass is 9.99. The summed E-state index contributed by atoms with van der Waals surface area (Å²) in [4.78, 5) is 19.6. The normalized spacial score (nSPS) is 23.8. The molecule has 0 spiro atoms. The maximum Gasteiger partial charge on any atom is 0.273 e. The van der Waals surface area contributed by atoms with Gasteiger partial charge in [0.05, 0.1) is 6.20 Å². The zero-order valence-corrected chi connectivity index (χ0v) is 17.5. The molecule has 3 aliphatic rings. The van der Waals surface area contributed by atoms with E-state index in [0.29, 0.717) is 11.6 Å². The number of hydrogen-bond donors (Lipinski definition) is 2. The van der Waals surface area contributed by atoms with Crippen molar-refractivity contribution in [1.82, 2.24) is 19.9 Å². The van der Waals surface area contributed by atoms with Gasteiger partial charge in [0.25, 0.3) is 5.91 Å². The van der Waals surface area contributed by atoms with Crippen LogP contribution in [0.3, 0.4) is 0 Å². The van der Waals surface area contributed by atoms with Gasteiger partial charge >= 0.3 is 0 Å². The number of nitrogens with zero attached hydrogens (tertiary/aromatic N) is 3. The molecular weight excluding hydrogens is 382 g/mol. The summed E-state index contributed by atoms with van der Waals surface area (Å²) in [6.07, 6.45) is 3.53. The van der Waals surface area contributed by atoms with Crippen LogP contribution in [0.4, 0.5) is 0 Å². The first kappa shape index (κ1) is 19.4. The number of carbonyl (C=O) groups is 1. The first-order valence-corrected chi connectivity index (χ1v) is 10.8. The number of fused-ring (bicyclic) bond motifs is 1. The van der Waals surface area contributed by atoms with Crippen LogP contribution in [0.15, 0.2) is 30.5 Å². The fourth-order valence-corrected chi connectivity index (χ4v) is 4.42. The lowest BCUT2D eigenvalue weighted by Gasteiger charge is -2.46. The summed E-state index contributed by atoms with van der Waals surface area (Å²) in [5.74, 6) is 2.08. The van der Waals surface area contributed by atoms with E-state index in [1.165, 1.54) is 5.56 Å². The maximum absolute atomic E-state index is 12.7. The van der Waals surface area contributed by atoms with Gasteiger partial charge in [-0.2, -0.15) is 0 Å². The van der Waals surface area contributed by atoms with E-state index in [4.69, 9.17) is 9.47 Å². The molecule has 5 rings (SSSR count). The summed E-state index contributed by atoms with van der Waals surface area (Å²) < 4.78 is 13.4. The minimum atomic E-state index is -0.182. The minimum absolute atomic E-state index is 0.0793. The largest absolute Gasteiger partial charge is 0.488 e. The van der Waals surface area contributed by atoms with E-state index < -0.39 is 0 Å². The summed E-state index contributed by atoms with van der Waals surface area (Å²) in [5.41, 5.74) is 5.29. The Balaban J connectivity index is 1.21. The van der Waals surface area contributed by atoms with Crippen molar-refractivity contribution in [2.75, 3.05) is 31.7 Å². The van der Waals surface area contributed by atoms with Gasteiger partial charge in [-0.1, -0.05) is 17.7 Å². The summed E-state index contributed by atoms with van der Waals surface area (Å²) in [7, 11) is 0. The van der Waals surface area contributed by atoms with Gasteiger partial charge in [0.1, 0.15) is 29.5 Å². The van der Waals surface area contributed by atoms with E-state index in [-0.39, 0.29) is 24.2 Å². The van der Waals surface area contributed by atoms with Gasteiger partial charge in [-0.15, -0.1) is 0 Å². The topological polar surface area (TPSA) is 80.7 Å². The molecule has 3 aliphatic heterocycles. The lowest BCUT2D eigenvalue weighted by molar-refractivity contribution is -0.0131. The molecule has 160 valence electrons. The highest BCUT2D eigenvalue weighted by atomic mass is 16.5. The van der Waals surface area contributed by atoms with Gasteiger partial charge in [-0.3, -0.25) is 9.69 Å². The Morgan fingerprint density at radius 2 is 1.93 bits per heavy atom. The molecule has 2 atom stereocenters. The number of likely N-dealkylation sites (tertiary alicyclic amines) is 1. The third kappa shape index (κ3) is 3.65. The molecule has 0 radical (unpaired) electrons. The van der Waals surface area contributed by atoms with E-state index in [1.54, 1.807) is 6.20 Å². The van der Waals surface area contributed by atoms with E-state index >= 15 is 0 Å². The Morgan fingerprint density at radius 1 is 1.20 bits per heavy atom. The molecule has 4 heterocycles. The molecule has 8 nitrogen and oxygen atoms in total. The van der Waals surface area contributed by atoms with Crippen molar-refractivity contribution in [3.05, 3.63) is 47.5 Å². The predicted molar refractivity (Wildman–Crippen MR) is 112 cm³/mol. The third-order valence-electron chi connectivity index (χ3n) is 6.42. The smallest absolute Gasteiger partial charge is 0.273 e. The summed E-state index contributed by atoms with van der Waals surface area (Å²) in [5, 5.41) is 3.09. The second-order valence-electron chi connectivity index (χ2n) is 8.55. The molecule has 1 aromatic heterocycles. The Bertz CT molecular complexity index is 900. The number of rotatable bonds is 5. The van der Waals surface area contributed by atoms with Crippen molar-refractivity contribution in [3.63, 3.8) is 0 Å². The molecule has 2 saturated heterocycles. The summed E-state index contributed by atoms with van der Waals surface area (Å²) in [6.45, 7) is 7.38. The Morgan fingerprint density at radius 3 is 2.67 bits per heavy atom. The number of imidazole rings is 1. The van der Waals surface area contributed by atoms with Crippen molar-refractivity contribution < 1.29 is 14.3 Å². The first-order chi connectivity index (χ1) is 14.6. The predicted octanol–water partition coefficient (Wildman–Crippen LogP) is 1.85. The van der Waals surface area contributed by atoms with Crippen LogP contribution >= 0.6 is 0 Å². The summed E-state index contributed by atoms with van der Waals surface area (Å²) >= 11 is 0. The second kappa shape index (κ2) is 7.92. The molecule has 1 aromatic carbocycles. The van der Waals surface area contributed by atoms with E-state index in [2.05, 4.69) is 46.6 Å². The Hall–Kier alpha value is -2.58. The van der Waals surface area contributed by atoms with E-state index in [0.717, 1.165) is 50.7 Å². The monoisotopic (exact) mass is 411 g/mol. The van der Waals surface area contributed by atoms with Gasteiger partial charge in [-0.25, -0.2) is 9.66 Å². The SMILES string of the molecule is Cc1ccc(OC2CN(C(C)C3NC(=O)c4cnc(C5CCOCC5)n4N3)C2)cc1. The fourth-order valence-electron chi connectivity index (χ4n) is 4.42. The van der Waals surface area contributed by atoms with Crippen LogP contribution in [0.2, 0.25) is 0 Å². The van der Waals surface area contributed by atoms with Crippen LogP contribution in [0, 0.1) is 6.92 Å². The van der Waals surface area contributed by atoms with E-state index in [1.807, 2.05) is 16.8 Å². The Kier molecular flexibility index (Phi) is 5.12.